The number of aromatic nitrogens is 1. The van der Waals surface area contributed by atoms with Crippen molar-refractivity contribution in [3.05, 3.63) is 63.3 Å². The molecule has 1 aromatic heterocycles. The van der Waals surface area contributed by atoms with Crippen molar-refractivity contribution in [3.63, 3.8) is 0 Å². The smallest absolute Gasteiger partial charge is 0.256 e. The van der Waals surface area contributed by atoms with Crippen LogP contribution >= 0.6 is 27.5 Å². The Bertz CT molecular complexity index is 659. The highest BCUT2D eigenvalue weighted by molar-refractivity contribution is 9.10. The van der Waals surface area contributed by atoms with Crippen LogP contribution in [-0.4, -0.2) is 21.8 Å². The van der Waals surface area contributed by atoms with Crippen molar-refractivity contribution in [3.8, 4) is 0 Å². The highest BCUT2D eigenvalue weighted by Gasteiger charge is 2.34. The van der Waals surface area contributed by atoms with E-state index in [9.17, 15) is 4.79 Å². The molecule has 0 unspecified atom stereocenters. The number of pyridine rings is 1. The summed E-state index contributed by atoms with van der Waals surface area (Å²) in [4.78, 5) is 19.0. The Morgan fingerprint density at radius 2 is 2.10 bits per heavy atom. The van der Waals surface area contributed by atoms with Gasteiger partial charge in [-0.25, -0.2) is 0 Å². The summed E-state index contributed by atoms with van der Waals surface area (Å²) in [5, 5.41) is 0.467. The summed E-state index contributed by atoms with van der Waals surface area (Å²) >= 11 is 9.62. The summed E-state index contributed by atoms with van der Waals surface area (Å²) in [6.07, 6.45) is 3.84. The molecule has 1 amide bonds. The Labute approximate surface area is 137 Å². The van der Waals surface area contributed by atoms with Crippen LogP contribution in [0.4, 0.5) is 0 Å². The minimum atomic E-state index is -0.0329. The molecule has 0 radical (unpaired) electrons. The maximum atomic E-state index is 12.8. The fraction of sp³-hybridized carbons (Fsp3) is 0.250. The lowest BCUT2D eigenvalue weighted by atomic mass is 10.2. The molecule has 0 spiro atoms. The molecule has 2 aromatic rings. The van der Waals surface area contributed by atoms with Crippen LogP contribution in [0.1, 0.15) is 28.9 Å². The van der Waals surface area contributed by atoms with Gasteiger partial charge in [-0.05, 0) is 53.0 Å². The third kappa shape index (κ3) is 3.27. The fourth-order valence-electron chi connectivity index (χ4n) is 2.24. The second-order valence-electron chi connectivity index (χ2n) is 5.09. The summed E-state index contributed by atoms with van der Waals surface area (Å²) in [6.45, 7) is 0.521. The highest BCUT2D eigenvalue weighted by Crippen LogP contribution is 2.32. The van der Waals surface area contributed by atoms with E-state index < -0.39 is 0 Å². The van der Waals surface area contributed by atoms with Crippen molar-refractivity contribution in [2.45, 2.75) is 25.4 Å². The van der Waals surface area contributed by atoms with Crippen molar-refractivity contribution < 1.29 is 4.79 Å². The topological polar surface area (TPSA) is 33.2 Å². The van der Waals surface area contributed by atoms with Gasteiger partial charge in [0.25, 0.3) is 5.91 Å². The van der Waals surface area contributed by atoms with Gasteiger partial charge in [0.2, 0.25) is 0 Å². The molecule has 5 heteroatoms. The average molecular weight is 366 g/mol. The Morgan fingerprint density at radius 3 is 2.76 bits per heavy atom. The number of nitrogens with zero attached hydrogens (tertiary/aromatic N) is 2. The van der Waals surface area contributed by atoms with E-state index in [0.717, 1.165) is 23.0 Å². The fourth-order valence-corrected chi connectivity index (χ4v) is 2.82. The molecule has 108 valence electrons. The van der Waals surface area contributed by atoms with Gasteiger partial charge in [0, 0.05) is 16.7 Å². The zero-order valence-corrected chi connectivity index (χ0v) is 13.6. The van der Waals surface area contributed by atoms with E-state index in [0.29, 0.717) is 23.2 Å². The summed E-state index contributed by atoms with van der Waals surface area (Å²) < 4.78 is 0.739. The quantitative estimate of drug-likeness (QED) is 0.809. The maximum absolute atomic E-state index is 12.8. The largest absolute Gasteiger partial charge is 0.330 e. The molecule has 0 atom stereocenters. The number of carbonyl (C=O) groups is 1. The van der Waals surface area contributed by atoms with Gasteiger partial charge in [-0.3, -0.25) is 9.78 Å². The van der Waals surface area contributed by atoms with E-state index in [1.54, 1.807) is 12.3 Å². The molecule has 1 heterocycles. The highest BCUT2D eigenvalue weighted by atomic mass is 79.9. The lowest BCUT2D eigenvalue weighted by Crippen LogP contribution is -2.33. The van der Waals surface area contributed by atoms with Crippen LogP contribution in [0.25, 0.3) is 0 Å². The molecule has 1 aliphatic carbocycles. The van der Waals surface area contributed by atoms with Crippen molar-refractivity contribution in [1.82, 2.24) is 9.88 Å². The van der Waals surface area contributed by atoms with E-state index in [4.69, 9.17) is 11.6 Å². The molecule has 0 N–H and O–H groups in total. The Hall–Kier alpha value is -1.39. The molecule has 0 saturated heterocycles. The van der Waals surface area contributed by atoms with E-state index in [2.05, 4.69) is 20.9 Å². The van der Waals surface area contributed by atoms with Gasteiger partial charge in [-0.1, -0.05) is 23.7 Å². The monoisotopic (exact) mass is 364 g/mol. The SMILES string of the molecule is O=C(c1cccc(Br)c1Cl)N(Cc1ccccn1)C1CC1. The normalized spacial score (nSPS) is 14.0. The second-order valence-corrected chi connectivity index (χ2v) is 6.32. The van der Waals surface area contributed by atoms with Crippen LogP contribution in [0.15, 0.2) is 47.1 Å². The molecule has 1 fully saturated rings. The van der Waals surface area contributed by atoms with Gasteiger partial charge >= 0.3 is 0 Å². The zero-order valence-electron chi connectivity index (χ0n) is 11.3. The van der Waals surface area contributed by atoms with Gasteiger partial charge in [-0.15, -0.1) is 0 Å². The number of rotatable bonds is 4. The van der Waals surface area contributed by atoms with Crippen molar-refractivity contribution >= 4 is 33.4 Å². The van der Waals surface area contributed by atoms with Crippen molar-refractivity contribution in [1.29, 1.82) is 0 Å². The van der Waals surface area contributed by atoms with Crippen LogP contribution in [0, 0.1) is 0 Å². The third-order valence-electron chi connectivity index (χ3n) is 3.49. The summed E-state index contributed by atoms with van der Waals surface area (Å²) in [5.74, 6) is -0.0329. The first-order chi connectivity index (χ1) is 10.2. The number of halogens is 2. The molecule has 1 aliphatic rings. The molecule has 3 nitrogen and oxygen atoms in total. The van der Waals surface area contributed by atoms with Crippen LogP contribution in [0.3, 0.4) is 0 Å². The first-order valence-electron chi connectivity index (χ1n) is 6.81. The predicted octanol–water partition coefficient (Wildman–Crippen LogP) is 4.30. The lowest BCUT2D eigenvalue weighted by Gasteiger charge is -2.22. The molecule has 1 saturated carbocycles. The summed E-state index contributed by atoms with van der Waals surface area (Å²) in [5.41, 5.74) is 1.43. The minimum Gasteiger partial charge on any atom is -0.330 e. The number of hydrogen-bond donors (Lipinski definition) is 0. The van der Waals surface area contributed by atoms with Crippen LogP contribution in [0.5, 0.6) is 0 Å². The number of hydrogen-bond acceptors (Lipinski definition) is 2. The van der Waals surface area contributed by atoms with Gasteiger partial charge in [0.15, 0.2) is 0 Å². The second kappa shape index (κ2) is 6.16. The van der Waals surface area contributed by atoms with Crippen molar-refractivity contribution in [2.75, 3.05) is 0 Å². The van der Waals surface area contributed by atoms with Crippen LogP contribution in [0.2, 0.25) is 5.02 Å². The van der Waals surface area contributed by atoms with Gasteiger partial charge in [0.05, 0.1) is 22.8 Å². The first kappa shape index (κ1) is 14.5. The molecule has 0 bridgehead atoms. The van der Waals surface area contributed by atoms with Crippen LogP contribution < -0.4 is 0 Å². The molecule has 3 rings (SSSR count). The Balaban J connectivity index is 1.87. The standard InChI is InChI=1S/C16H14BrClN2O/c17-14-6-3-5-13(15(14)18)16(21)20(12-7-8-12)10-11-4-1-2-9-19-11/h1-6,9,12H,7-8,10H2. The molecule has 1 aromatic carbocycles. The average Bonchev–Trinajstić information content (AvgIpc) is 3.33. The van der Waals surface area contributed by atoms with Gasteiger partial charge < -0.3 is 4.90 Å². The van der Waals surface area contributed by atoms with Crippen LogP contribution in [-0.2, 0) is 6.54 Å². The van der Waals surface area contributed by atoms with E-state index in [1.165, 1.54) is 0 Å². The predicted molar refractivity (Wildman–Crippen MR) is 86.3 cm³/mol. The van der Waals surface area contributed by atoms with Gasteiger partial charge in [-0.2, -0.15) is 0 Å². The Kier molecular flexibility index (Phi) is 4.27. The number of carbonyl (C=O) groups excluding carboxylic acids is 1. The van der Waals surface area contributed by atoms with E-state index >= 15 is 0 Å². The Morgan fingerprint density at radius 1 is 1.29 bits per heavy atom. The third-order valence-corrected chi connectivity index (χ3v) is 4.79. The van der Waals surface area contributed by atoms with E-state index in [1.807, 2.05) is 35.2 Å². The lowest BCUT2D eigenvalue weighted by molar-refractivity contribution is 0.0728. The zero-order chi connectivity index (χ0) is 14.8. The molecule has 21 heavy (non-hydrogen) atoms. The summed E-state index contributed by atoms with van der Waals surface area (Å²) in [6, 6.07) is 11.5. The number of amides is 1. The summed E-state index contributed by atoms with van der Waals surface area (Å²) in [7, 11) is 0. The van der Waals surface area contributed by atoms with Crippen molar-refractivity contribution in [2.24, 2.45) is 0 Å². The number of benzene rings is 1. The van der Waals surface area contributed by atoms with Gasteiger partial charge in [0.1, 0.15) is 0 Å². The maximum Gasteiger partial charge on any atom is 0.256 e. The molecular formula is C16H14BrClN2O. The van der Waals surface area contributed by atoms with E-state index in [-0.39, 0.29) is 5.91 Å². The minimum absolute atomic E-state index is 0.0329. The first-order valence-corrected chi connectivity index (χ1v) is 7.99. The molecular weight excluding hydrogens is 352 g/mol. The molecule has 0 aliphatic heterocycles.